The Balaban J connectivity index is 2.18. The van der Waals surface area contributed by atoms with Crippen molar-refractivity contribution < 1.29 is 9.90 Å². The topological polar surface area (TPSA) is 73.1 Å². The highest BCUT2D eigenvalue weighted by Crippen LogP contribution is 2.24. The van der Waals surface area contributed by atoms with E-state index in [9.17, 15) is 9.90 Å². The Morgan fingerprint density at radius 1 is 1.47 bits per heavy atom. The van der Waals surface area contributed by atoms with Crippen LogP contribution < -0.4 is 5.32 Å². The van der Waals surface area contributed by atoms with Gasteiger partial charge in [-0.25, -0.2) is 0 Å². The molecule has 0 radical (unpaired) electrons. The van der Waals surface area contributed by atoms with Crippen molar-refractivity contribution in [1.82, 2.24) is 5.32 Å². The van der Waals surface area contributed by atoms with Gasteiger partial charge in [0.25, 0.3) is 0 Å². The van der Waals surface area contributed by atoms with Crippen molar-refractivity contribution in [3.63, 3.8) is 0 Å². The van der Waals surface area contributed by atoms with Crippen molar-refractivity contribution in [1.29, 1.82) is 5.26 Å². The molecule has 0 aromatic heterocycles. The van der Waals surface area contributed by atoms with E-state index in [1.54, 1.807) is 12.1 Å². The van der Waals surface area contributed by atoms with Gasteiger partial charge in [-0.2, -0.15) is 5.26 Å². The molecule has 1 saturated heterocycles. The average molecular weight is 230 g/mol. The van der Waals surface area contributed by atoms with E-state index in [4.69, 9.17) is 5.26 Å². The number of nitrogens with one attached hydrogen (secondary N) is 1. The molecule has 1 aliphatic heterocycles. The zero-order valence-electron chi connectivity index (χ0n) is 9.44. The minimum absolute atomic E-state index is 0.466. The number of benzene rings is 1. The zero-order chi connectivity index (χ0) is 12.3. The van der Waals surface area contributed by atoms with Gasteiger partial charge in [-0.05, 0) is 37.1 Å². The molecule has 1 aromatic carbocycles. The molecule has 2 N–H and O–H groups in total. The fourth-order valence-corrected chi connectivity index (χ4v) is 2.26. The summed E-state index contributed by atoms with van der Waals surface area (Å²) in [7, 11) is 0. The third-order valence-corrected chi connectivity index (χ3v) is 3.24. The number of hydrogen-bond acceptors (Lipinski definition) is 3. The van der Waals surface area contributed by atoms with Crippen LogP contribution in [0.5, 0.6) is 0 Å². The van der Waals surface area contributed by atoms with Crippen molar-refractivity contribution in [2.75, 3.05) is 6.54 Å². The molecule has 1 atom stereocenters. The summed E-state index contributed by atoms with van der Waals surface area (Å²) in [5.74, 6) is -0.792. The standard InChI is InChI=1S/C13H14N2O2/c14-9-11-4-2-10(3-5-11)8-13(12(16)17)6-1-7-15-13/h2-5,15H,1,6-8H2,(H,16,17). The zero-order valence-corrected chi connectivity index (χ0v) is 9.44. The van der Waals surface area contributed by atoms with Gasteiger partial charge in [0.2, 0.25) is 0 Å². The number of hydrogen-bond donors (Lipinski definition) is 2. The van der Waals surface area contributed by atoms with Crippen LogP contribution in [0.15, 0.2) is 24.3 Å². The summed E-state index contributed by atoms with van der Waals surface area (Å²) in [6, 6.07) is 9.14. The number of carbonyl (C=O) groups is 1. The number of nitriles is 1. The smallest absolute Gasteiger partial charge is 0.324 e. The Hall–Kier alpha value is -1.86. The molecule has 0 amide bonds. The number of rotatable bonds is 3. The summed E-state index contributed by atoms with van der Waals surface area (Å²) in [5, 5.41) is 21.1. The van der Waals surface area contributed by atoms with E-state index in [2.05, 4.69) is 5.32 Å². The molecule has 1 unspecified atom stereocenters. The predicted octanol–water partition coefficient (Wildman–Crippen LogP) is 1.31. The second kappa shape index (κ2) is 4.56. The molecule has 88 valence electrons. The lowest BCUT2D eigenvalue weighted by Gasteiger charge is -2.24. The molecule has 0 saturated carbocycles. The first-order chi connectivity index (χ1) is 8.16. The minimum Gasteiger partial charge on any atom is -0.480 e. The van der Waals surface area contributed by atoms with Gasteiger partial charge in [0, 0.05) is 6.42 Å². The van der Waals surface area contributed by atoms with Crippen LogP contribution in [0.2, 0.25) is 0 Å². The van der Waals surface area contributed by atoms with Crippen LogP contribution in [-0.4, -0.2) is 23.2 Å². The molecule has 4 nitrogen and oxygen atoms in total. The number of carboxylic acids is 1. The molecular weight excluding hydrogens is 216 g/mol. The largest absolute Gasteiger partial charge is 0.480 e. The van der Waals surface area contributed by atoms with Gasteiger partial charge in [-0.15, -0.1) is 0 Å². The SMILES string of the molecule is N#Cc1ccc(CC2(C(=O)O)CCCN2)cc1. The van der Waals surface area contributed by atoms with E-state index < -0.39 is 11.5 Å². The molecule has 0 aliphatic carbocycles. The third kappa shape index (κ3) is 2.29. The van der Waals surface area contributed by atoms with E-state index in [-0.39, 0.29) is 0 Å². The Labute approximate surface area is 99.9 Å². The van der Waals surface area contributed by atoms with Gasteiger partial charge in [0.05, 0.1) is 11.6 Å². The van der Waals surface area contributed by atoms with Crippen molar-refractivity contribution in [2.45, 2.75) is 24.8 Å². The number of carboxylic acid groups (broad SMARTS) is 1. The molecule has 1 aliphatic rings. The number of aliphatic carboxylic acids is 1. The molecule has 2 rings (SSSR count). The Bertz CT molecular complexity index is 453. The Kier molecular flexibility index (Phi) is 3.12. The van der Waals surface area contributed by atoms with Crippen LogP contribution in [0.4, 0.5) is 0 Å². The van der Waals surface area contributed by atoms with Crippen molar-refractivity contribution in [2.24, 2.45) is 0 Å². The highest BCUT2D eigenvalue weighted by atomic mass is 16.4. The van der Waals surface area contributed by atoms with Crippen molar-refractivity contribution in [3.05, 3.63) is 35.4 Å². The molecule has 1 aromatic rings. The molecule has 4 heteroatoms. The highest BCUT2D eigenvalue weighted by molar-refractivity contribution is 5.79. The summed E-state index contributed by atoms with van der Waals surface area (Å²) in [4.78, 5) is 11.3. The van der Waals surface area contributed by atoms with Gasteiger partial charge >= 0.3 is 5.97 Å². The van der Waals surface area contributed by atoms with Crippen LogP contribution in [0.25, 0.3) is 0 Å². The lowest BCUT2D eigenvalue weighted by atomic mass is 9.89. The fourth-order valence-electron chi connectivity index (χ4n) is 2.26. The van der Waals surface area contributed by atoms with Gasteiger partial charge in [-0.3, -0.25) is 4.79 Å². The van der Waals surface area contributed by atoms with E-state index in [0.717, 1.165) is 18.5 Å². The van der Waals surface area contributed by atoms with Crippen LogP contribution in [-0.2, 0) is 11.2 Å². The summed E-state index contributed by atoms with van der Waals surface area (Å²) in [6.45, 7) is 0.753. The Morgan fingerprint density at radius 2 is 2.18 bits per heavy atom. The quantitative estimate of drug-likeness (QED) is 0.821. The van der Waals surface area contributed by atoms with Crippen molar-refractivity contribution >= 4 is 5.97 Å². The predicted molar refractivity (Wildman–Crippen MR) is 62.5 cm³/mol. The fraction of sp³-hybridized carbons (Fsp3) is 0.385. The lowest BCUT2D eigenvalue weighted by Crippen LogP contribution is -2.49. The Morgan fingerprint density at radius 3 is 2.65 bits per heavy atom. The summed E-state index contributed by atoms with van der Waals surface area (Å²) >= 11 is 0. The first-order valence-corrected chi connectivity index (χ1v) is 5.64. The van der Waals surface area contributed by atoms with Gasteiger partial charge in [0.1, 0.15) is 5.54 Å². The average Bonchev–Trinajstić information content (AvgIpc) is 2.80. The monoisotopic (exact) mass is 230 g/mol. The summed E-state index contributed by atoms with van der Waals surface area (Å²) in [6.07, 6.45) is 2.01. The lowest BCUT2D eigenvalue weighted by molar-refractivity contribution is -0.144. The van der Waals surface area contributed by atoms with Crippen LogP contribution in [0.3, 0.4) is 0 Å². The van der Waals surface area contributed by atoms with E-state index in [1.165, 1.54) is 0 Å². The first kappa shape index (κ1) is 11.6. The molecule has 17 heavy (non-hydrogen) atoms. The second-order valence-electron chi connectivity index (χ2n) is 4.40. The molecule has 0 spiro atoms. The van der Waals surface area contributed by atoms with Crippen LogP contribution >= 0.6 is 0 Å². The first-order valence-electron chi connectivity index (χ1n) is 5.64. The van der Waals surface area contributed by atoms with Gasteiger partial charge < -0.3 is 10.4 Å². The van der Waals surface area contributed by atoms with Gasteiger partial charge in [0.15, 0.2) is 0 Å². The van der Waals surface area contributed by atoms with E-state index in [0.29, 0.717) is 18.4 Å². The summed E-state index contributed by atoms with van der Waals surface area (Å²) < 4.78 is 0. The normalized spacial score (nSPS) is 23.2. The second-order valence-corrected chi connectivity index (χ2v) is 4.40. The number of nitrogens with zero attached hydrogens (tertiary/aromatic N) is 1. The van der Waals surface area contributed by atoms with Crippen LogP contribution in [0.1, 0.15) is 24.0 Å². The molecule has 1 fully saturated rings. The van der Waals surface area contributed by atoms with Crippen molar-refractivity contribution in [3.8, 4) is 6.07 Å². The summed E-state index contributed by atoms with van der Waals surface area (Å²) in [5.41, 5.74) is 0.715. The van der Waals surface area contributed by atoms with Gasteiger partial charge in [-0.1, -0.05) is 12.1 Å². The maximum absolute atomic E-state index is 11.3. The van der Waals surface area contributed by atoms with Crippen LogP contribution in [0, 0.1) is 11.3 Å². The minimum atomic E-state index is -0.825. The maximum atomic E-state index is 11.3. The highest BCUT2D eigenvalue weighted by Gasteiger charge is 2.40. The molecule has 0 bridgehead atoms. The molecule has 1 heterocycles. The van der Waals surface area contributed by atoms with E-state index >= 15 is 0 Å². The molecular formula is C13H14N2O2. The maximum Gasteiger partial charge on any atom is 0.324 e. The van der Waals surface area contributed by atoms with E-state index in [1.807, 2.05) is 18.2 Å². The third-order valence-electron chi connectivity index (χ3n) is 3.24.